The lowest BCUT2D eigenvalue weighted by Crippen LogP contribution is -1.67. The van der Waals surface area contributed by atoms with Gasteiger partial charge in [0.15, 0.2) is 0 Å². The van der Waals surface area contributed by atoms with E-state index < -0.39 is 0 Å². The van der Waals surface area contributed by atoms with Crippen LogP contribution in [-0.4, -0.2) is 0 Å². The van der Waals surface area contributed by atoms with Crippen LogP contribution >= 0.6 is 12.6 Å². The molecule has 0 N–H and O–H groups in total. The average Bonchev–Trinajstić information content (AvgIpc) is 1.65. The first-order valence-corrected chi connectivity index (χ1v) is 2.46. The zero-order valence-corrected chi connectivity index (χ0v) is 5.42. The monoisotopic (exact) mass is 112 g/mol. The van der Waals surface area contributed by atoms with Crippen molar-refractivity contribution in [3.05, 3.63) is 10.5 Å². The lowest BCUT2D eigenvalue weighted by molar-refractivity contribution is 1.50. The molecule has 0 aliphatic carbocycles. The average molecular weight is 112 g/mol. The zero-order chi connectivity index (χ0) is 5.86. The first kappa shape index (κ1) is 6.65. The van der Waals surface area contributed by atoms with Crippen molar-refractivity contribution >= 4 is 12.6 Å². The van der Waals surface area contributed by atoms with Gasteiger partial charge in [0, 0.05) is 5.57 Å². The Labute approximate surface area is 50.0 Å². The summed E-state index contributed by atoms with van der Waals surface area (Å²) in [5.74, 6) is 2.47. The molecule has 7 heavy (non-hydrogen) atoms. The Balaban J connectivity index is 4.07. The molecule has 0 aromatic carbocycles. The molecule has 0 rings (SSSR count). The quantitative estimate of drug-likeness (QED) is 0.359. The van der Waals surface area contributed by atoms with E-state index in [0.29, 0.717) is 0 Å². The Morgan fingerprint density at radius 1 is 1.57 bits per heavy atom. The maximum Gasteiger partial charge on any atom is 0.00761 e. The molecule has 0 atom stereocenters. The number of hydrogen-bond acceptors (Lipinski definition) is 1. The second-order valence-corrected chi connectivity index (χ2v) is 2.03. The fourth-order valence-corrected chi connectivity index (χ4v) is 0.169. The third-order valence-corrected chi connectivity index (χ3v) is 1.09. The van der Waals surface area contributed by atoms with Crippen molar-refractivity contribution in [3.63, 3.8) is 0 Å². The van der Waals surface area contributed by atoms with Gasteiger partial charge in [0.2, 0.25) is 0 Å². The molecule has 0 aromatic heterocycles. The van der Waals surface area contributed by atoms with Gasteiger partial charge in [0.1, 0.15) is 0 Å². The summed E-state index contributed by atoms with van der Waals surface area (Å²) in [6.07, 6.45) is 5.02. The number of allylic oxidation sites excluding steroid dienone is 2. The van der Waals surface area contributed by atoms with Crippen molar-refractivity contribution < 1.29 is 0 Å². The summed E-state index contributed by atoms with van der Waals surface area (Å²) in [5.41, 5.74) is 0.906. The van der Waals surface area contributed by atoms with E-state index in [1.165, 1.54) is 0 Å². The minimum atomic E-state index is 0.906. The summed E-state index contributed by atoms with van der Waals surface area (Å²) in [5, 5.41) is 0. The highest BCUT2D eigenvalue weighted by atomic mass is 32.1. The van der Waals surface area contributed by atoms with E-state index in [0.717, 1.165) is 10.5 Å². The second-order valence-electron chi connectivity index (χ2n) is 1.35. The van der Waals surface area contributed by atoms with E-state index in [9.17, 15) is 0 Å². The highest BCUT2D eigenvalue weighted by Crippen LogP contribution is 2.03. The molecular weight excluding hydrogens is 104 g/mol. The number of thiol groups is 1. The van der Waals surface area contributed by atoms with Crippen LogP contribution in [0.5, 0.6) is 0 Å². The van der Waals surface area contributed by atoms with E-state index in [2.05, 4.69) is 18.5 Å². The van der Waals surface area contributed by atoms with Crippen LogP contribution in [0.1, 0.15) is 13.8 Å². The minimum Gasteiger partial charge on any atom is -0.147 e. The summed E-state index contributed by atoms with van der Waals surface area (Å²) in [4.78, 5) is 0.919. The van der Waals surface area contributed by atoms with Crippen LogP contribution in [0, 0.1) is 12.3 Å². The van der Waals surface area contributed by atoms with Crippen molar-refractivity contribution in [3.8, 4) is 12.3 Å². The summed E-state index contributed by atoms with van der Waals surface area (Å²) in [7, 11) is 0. The molecule has 0 saturated carbocycles. The first-order valence-electron chi connectivity index (χ1n) is 2.01. The fourth-order valence-electron chi connectivity index (χ4n) is 0.104. The summed E-state index contributed by atoms with van der Waals surface area (Å²) in [6.45, 7) is 3.74. The summed E-state index contributed by atoms with van der Waals surface area (Å²) < 4.78 is 0. The Morgan fingerprint density at radius 2 is 2.00 bits per heavy atom. The predicted molar refractivity (Wildman–Crippen MR) is 36.2 cm³/mol. The predicted octanol–water partition coefficient (Wildman–Crippen LogP) is 1.84. The molecule has 0 unspecified atom stereocenters. The SMILES string of the molecule is C#C/C(C)=C(\C)S. The van der Waals surface area contributed by atoms with Gasteiger partial charge in [0.05, 0.1) is 0 Å². The third kappa shape index (κ3) is 2.36. The van der Waals surface area contributed by atoms with Gasteiger partial charge < -0.3 is 0 Å². The van der Waals surface area contributed by atoms with Crippen molar-refractivity contribution in [1.82, 2.24) is 0 Å². The van der Waals surface area contributed by atoms with E-state index in [1.807, 2.05) is 13.8 Å². The third-order valence-electron chi connectivity index (χ3n) is 0.759. The number of hydrogen-bond donors (Lipinski definition) is 1. The Hall–Kier alpha value is -0.350. The molecule has 0 bridgehead atoms. The minimum absolute atomic E-state index is 0.906. The lowest BCUT2D eigenvalue weighted by Gasteiger charge is -1.86. The largest absolute Gasteiger partial charge is 0.147 e. The van der Waals surface area contributed by atoms with Crippen LogP contribution < -0.4 is 0 Å². The number of rotatable bonds is 0. The van der Waals surface area contributed by atoms with Crippen molar-refractivity contribution in [2.45, 2.75) is 13.8 Å². The molecule has 0 fully saturated rings. The molecule has 0 nitrogen and oxygen atoms in total. The van der Waals surface area contributed by atoms with Gasteiger partial charge in [-0.1, -0.05) is 5.92 Å². The summed E-state index contributed by atoms with van der Waals surface area (Å²) in [6, 6.07) is 0. The normalized spacial score (nSPS) is 12.3. The van der Waals surface area contributed by atoms with Gasteiger partial charge in [-0.05, 0) is 18.8 Å². The lowest BCUT2D eigenvalue weighted by atomic mass is 10.3. The van der Waals surface area contributed by atoms with Crippen molar-refractivity contribution in [1.29, 1.82) is 0 Å². The highest BCUT2D eigenvalue weighted by molar-refractivity contribution is 7.84. The highest BCUT2D eigenvalue weighted by Gasteiger charge is 1.81. The second kappa shape index (κ2) is 2.76. The molecule has 1 heteroatoms. The van der Waals surface area contributed by atoms with Crippen molar-refractivity contribution in [2.24, 2.45) is 0 Å². The van der Waals surface area contributed by atoms with Crippen LogP contribution in [0.2, 0.25) is 0 Å². The smallest absolute Gasteiger partial charge is 0.00761 e. The Kier molecular flexibility index (Phi) is 2.62. The van der Waals surface area contributed by atoms with E-state index >= 15 is 0 Å². The Morgan fingerprint density at radius 3 is 2.00 bits per heavy atom. The van der Waals surface area contributed by atoms with Crippen molar-refractivity contribution in [2.75, 3.05) is 0 Å². The van der Waals surface area contributed by atoms with E-state index in [1.54, 1.807) is 0 Å². The van der Waals surface area contributed by atoms with Gasteiger partial charge in [-0.25, -0.2) is 0 Å². The fraction of sp³-hybridized carbons (Fsp3) is 0.333. The molecule has 0 saturated heterocycles. The maximum absolute atomic E-state index is 5.02. The van der Waals surface area contributed by atoms with Gasteiger partial charge in [-0.2, -0.15) is 0 Å². The number of terminal acetylenes is 1. The molecule has 38 valence electrons. The topological polar surface area (TPSA) is 0 Å². The van der Waals surface area contributed by atoms with Crippen LogP contribution in [0.25, 0.3) is 0 Å². The molecule has 0 radical (unpaired) electrons. The Bertz CT molecular complexity index is 122. The molecule has 0 heterocycles. The van der Waals surface area contributed by atoms with Crippen LogP contribution in [0.4, 0.5) is 0 Å². The standard InChI is InChI=1S/C6H8S/c1-4-5(2)6(3)7/h1,7H,2-3H3/b6-5+. The van der Waals surface area contributed by atoms with Crippen LogP contribution in [0.15, 0.2) is 10.5 Å². The first-order chi connectivity index (χ1) is 3.18. The molecule has 0 aromatic rings. The van der Waals surface area contributed by atoms with Gasteiger partial charge >= 0.3 is 0 Å². The van der Waals surface area contributed by atoms with Gasteiger partial charge in [0.25, 0.3) is 0 Å². The molecule has 0 amide bonds. The van der Waals surface area contributed by atoms with Gasteiger partial charge in [-0.15, -0.1) is 19.1 Å². The molecule has 0 spiro atoms. The zero-order valence-electron chi connectivity index (χ0n) is 4.52. The van der Waals surface area contributed by atoms with E-state index in [-0.39, 0.29) is 0 Å². The van der Waals surface area contributed by atoms with E-state index in [4.69, 9.17) is 6.42 Å². The van der Waals surface area contributed by atoms with Gasteiger partial charge in [-0.3, -0.25) is 0 Å². The molecule has 0 aliphatic rings. The molecular formula is C6H8S. The van der Waals surface area contributed by atoms with Crippen LogP contribution in [0.3, 0.4) is 0 Å². The molecule has 0 aliphatic heterocycles. The maximum atomic E-state index is 5.02. The van der Waals surface area contributed by atoms with Crippen LogP contribution in [-0.2, 0) is 0 Å². The summed E-state index contributed by atoms with van der Waals surface area (Å²) >= 11 is 4.01.